The van der Waals surface area contributed by atoms with Crippen LogP contribution < -0.4 is 10.9 Å². The Morgan fingerprint density at radius 1 is 1.44 bits per heavy atom. The molecule has 1 aliphatic carbocycles. The number of fused-ring (bicyclic) bond motifs is 3. The molecular weight excluding hydrogens is 332 g/mol. The van der Waals surface area contributed by atoms with E-state index in [0.29, 0.717) is 18.3 Å². The zero-order valence-electron chi connectivity index (χ0n) is 14.5. The number of aromatic nitrogens is 3. The maximum Gasteiger partial charge on any atom is 0.259 e. The second kappa shape index (κ2) is 6.69. The molecule has 0 fully saturated rings. The van der Waals surface area contributed by atoms with Crippen LogP contribution in [0.15, 0.2) is 29.2 Å². The Morgan fingerprint density at radius 2 is 2.32 bits per heavy atom. The highest BCUT2D eigenvalue weighted by molar-refractivity contribution is 7.18. The van der Waals surface area contributed by atoms with Crippen molar-refractivity contribution in [3.8, 4) is 0 Å². The molecule has 25 heavy (non-hydrogen) atoms. The van der Waals surface area contributed by atoms with Gasteiger partial charge in [-0.15, -0.1) is 11.3 Å². The van der Waals surface area contributed by atoms with Crippen LogP contribution >= 0.6 is 11.3 Å². The number of nitrogens with one attached hydrogen (secondary N) is 2. The molecule has 0 saturated heterocycles. The number of H-pyrrole nitrogens is 1. The Kier molecular flexibility index (Phi) is 4.39. The summed E-state index contributed by atoms with van der Waals surface area (Å²) in [5.41, 5.74) is 2.20. The summed E-state index contributed by atoms with van der Waals surface area (Å²) in [4.78, 5) is 26.9. The van der Waals surface area contributed by atoms with Gasteiger partial charge in [-0.25, -0.2) is 4.98 Å². The van der Waals surface area contributed by atoms with Crippen molar-refractivity contribution >= 4 is 21.6 Å². The smallest absolute Gasteiger partial charge is 0.259 e. The monoisotopic (exact) mass is 354 g/mol. The zero-order valence-corrected chi connectivity index (χ0v) is 15.3. The maximum absolute atomic E-state index is 12.7. The average Bonchev–Trinajstić information content (AvgIpc) is 2.98. The molecule has 0 aliphatic heterocycles. The molecule has 3 aromatic rings. The van der Waals surface area contributed by atoms with Crippen LogP contribution in [0.5, 0.6) is 0 Å². The first-order valence-electron chi connectivity index (χ1n) is 8.79. The van der Waals surface area contributed by atoms with E-state index in [2.05, 4.69) is 22.2 Å². The number of rotatable bonds is 4. The Bertz CT molecular complexity index is 947. The van der Waals surface area contributed by atoms with Gasteiger partial charge in [0, 0.05) is 17.6 Å². The van der Waals surface area contributed by atoms with Gasteiger partial charge in [-0.3, -0.25) is 9.78 Å². The van der Waals surface area contributed by atoms with E-state index in [1.54, 1.807) is 17.5 Å². The standard InChI is InChI=1S/C19H22N4OS/c1-11-6-7-14-15(9-11)25-19-16(14)18(24)22-17(23-19)12(2)21-10-13-5-3-4-8-20-13/h3-5,8,11-12,21H,6-7,9-10H2,1-2H3,(H,22,23,24)/t11-,12-/m1/s1. The Labute approximate surface area is 150 Å². The molecule has 6 heteroatoms. The quantitative estimate of drug-likeness (QED) is 0.754. The first kappa shape index (κ1) is 16.4. The molecule has 0 bridgehead atoms. The van der Waals surface area contributed by atoms with Gasteiger partial charge in [0.15, 0.2) is 0 Å². The molecule has 3 aromatic heterocycles. The van der Waals surface area contributed by atoms with E-state index in [0.717, 1.165) is 35.2 Å². The van der Waals surface area contributed by atoms with Crippen LogP contribution in [-0.2, 0) is 19.4 Å². The molecule has 0 saturated carbocycles. The minimum Gasteiger partial charge on any atom is -0.309 e. The first-order valence-corrected chi connectivity index (χ1v) is 9.61. The molecule has 2 atom stereocenters. The van der Waals surface area contributed by atoms with Crippen molar-refractivity contribution in [2.45, 2.75) is 45.7 Å². The number of hydrogen-bond donors (Lipinski definition) is 2. The molecule has 2 N–H and O–H groups in total. The van der Waals surface area contributed by atoms with E-state index in [1.807, 2.05) is 25.1 Å². The van der Waals surface area contributed by atoms with E-state index < -0.39 is 0 Å². The summed E-state index contributed by atoms with van der Waals surface area (Å²) in [6.07, 6.45) is 5.00. The maximum atomic E-state index is 12.7. The molecule has 0 amide bonds. The zero-order chi connectivity index (χ0) is 17.4. The minimum absolute atomic E-state index is 0.00135. The van der Waals surface area contributed by atoms with Crippen LogP contribution in [-0.4, -0.2) is 15.0 Å². The summed E-state index contributed by atoms with van der Waals surface area (Å²) >= 11 is 1.69. The lowest BCUT2D eigenvalue weighted by atomic mass is 9.89. The summed E-state index contributed by atoms with van der Waals surface area (Å²) < 4.78 is 0. The predicted molar refractivity (Wildman–Crippen MR) is 101 cm³/mol. The fraction of sp³-hybridized carbons (Fsp3) is 0.421. The lowest BCUT2D eigenvalue weighted by molar-refractivity contribution is 0.509. The predicted octanol–water partition coefficient (Wildman–Crippen LogP) is 3.36. The van der Waals surface area contributed by atoms with Crippen LogP contribution in [0.2, 0.25) is 0 Å². The van der Waals surface area contributed by atoms with Gasteiger partial charge < -0.3 is 10.3 Å². The normalized spacial score (nSPS) is 18.2. The van der Waals surface area contributed by atoms with Gasteiger partial charge >= 0.3 is 0 Å². The van der Waals surface area contributed by atoms with E-state index >= 15 is 0 Å². The van der Waals surface area contributed by atoms with Gasteiger partial charge in [-0.05, 0) is 49.8 Å². The summed E-state index contributed by atoms with van der Waals surface area (Å²) in [7, 11) is 0. The highest BCUT2D eigenvalue weighted by atomic mass is 32.1. The van der Waals surface area contributed by atoms with Crippen molar-refractivity contribution in [1.82, 2.24) is 20.3 Å². The van der Waals surface area contributed by atoms with E-state index in [1.165, 1.54) is 10.4 Å². The van der Waals surface area contributed by atoms with Gasteiger partial charge in [0.05, 0.1) is 17.1 Å². The van der Waals surface area contributed by atoms with Crippen LogP contribution in [0, 0.1) is 5.92 Å². The van der Waals surface area contributed by atoms with Gasteiger partial charge in [-0.1, -0.05) is 13.0 Å². The molecule has 3 heterocycles. The van der Waals surface area contributed by atoms with Gasteiger partial charge in [0.1, 0.15) is 10.7 Å². The fourth-order valence-corrected chi connectivity index (χ4v) is 4.82. The fourth-order valence-electron chi connectivity index (χ4n) is 3.43. The number of nitrogens with zero attached hydrogens (tertiary/aromatic N) is 2. The summed E-state index contributed by atoms with van der Waals surface area (Å²) in [5.74, 6) is 1.39. The number of pyridine rings is 1. The highest BCUT2D eigenvalue weighted by Crippen LogP contribution is 2.35. The Morgan fingerprint density at radius 3 is 3.12 bits per heavy atom. The molecule has 130 valence electrons. The van der Waals surface area contributed by atoms with Crippen LogP contribution in [0.4, 0.5) is 0 Å². The molecule has 0 aromatic carbocycles. The summed E-state index contributed by atoms with van der Waals surface area (Å²) in [5, 5.41) is 4.20. The second-order valence-corrected chi connectivity index (χ2v) is 7.99. The third-order valence-corrected chi connectivity index (χ3v) is 6.06. The summed E-state index contributed by atoms with van der Waals surface area (Å²) in [6.45, 7) is 4.94. The number of hydrogen-bond acceptors (Lipinski definition) is 5. The number of thiophene rings is 1. The van der Waals surface area contributed by atoms with Crippen molar-refractivity contribution in [2.24, 2.45) is 5.92 Å². The Hall–Kier alpha value is -2.05. The second-order valence-electron chi connectivity index (χ2n) is 6.91. The largest absolute Gasteiger partial charge is 0.309 e. The van der Waals surface area contributed by atoms with Gasteiger partial charge in [0.2, 0.25) is 0 Å². The topological polar surface area (TPSA) is 70.7 Å². The molecule has 4 rings (SSSR count). The molecular formula is C19H22N4OS. The number of aromatic amines is 1. The van der Waals surface area contributed by atoms with Crippen LogP contribution in [0.1, 0.15) is 48.3 Å². The summed E-state index contributed by atoms with van der Waals surface area (Å²) in [6, 6.07) is 5.81. The third kappa shape index (κ3) is 3.24. The SMILES string of the molecule is C[C@@H]1CCc2c(sc3nc([C@@H](C)NCc4ccccn4)[nH]c(=O)c23)C1. The third-order valence-electron chi connectivity index (χ3n) is 4.91. The average molecular weight is 354 g/mol. The molecule has 1 aliphatic rings. The van der Waals surface area contributed by atoms with Crippen molar-refractivity contribution in [2.75, 3.05) is 0 Å². The van der Waals surface area contributed by atoms with Crippen molar-refractivity contribution < 1.29 is 0 Å². The van der Waals surface area contributed by atoms with Gasteiger partial charge in [-0.2, -0.15) is 0 Å². The molecule has 0 radical (unpaired) electrons. The van der Waals surface area contributed by atoms with E-state index in [9.17, 15) is 4.79 Å². The lowest BCUT2D eigenvalue weighted by Crippen LogP contribution is -2.24. The molecule has 5 nitrogen and oxygen atoms in total. The first-order chi connectivity index (χ1) is 12.1. The van der Waals surface area contributed by atoms with E-state index in [-0.39, 0.29) is 11.6 Å². The lowest BCUT2D eigenvalue weighted by Gasteiger charge is -2.17. The molecule has 0 unspecified atom stereocenters. The van der Waals surface area contributed by atoms with Crippen molar-refractivity contribution in [3.05, 3.63) is 56.7 Å². The van der Waals surface area contributed by atoms with Crippen molar-refractivity contribution in [3.63, 3.8) is 0 Å². The van der Waals surface area contributed by atoms with E-state index in [4.69, 9.17) is 4.98 Å². The van der Waals surface area contributed by atoms with Gasteiger partial charge in [0.25, 0.3) is 5.56 Å². The van der Waals surface area contributed by atoms with Crippen molar-refractivity contribution in [1.29, 1.82) is 0 Å². The van der Waals surface area contributed by atoms with Crippen LogP contribution in [0.3, 0.4) is 0 Å². The highest BCUT2D eigenvalue weighted by Gasteiger charge is 2.23. The number of aryl methyl sites for hydroxylation is 1. The minimum atomic E-state index is -0.0443. The molecule has 0 spiro atoms. The van der Waals surface area contributed by atoms with Crippen LogP contribution in [0.25, 0.3) is 10.2 Å². The Balaban J connectivity index is 1.61.